The van der Waals surface area contributed by atoms with Gasteiger partial charge in [0.2, 0.25) is 0 Å². The third-order valence-electron chi connectivity index (χ3n) is 3.28. The molecule has 136 valence electrons. The average molecular weight is 396 g/mol. The largest absolute Gasteiger partial charge is 0.456 e. The van der Waals surface area contributed by atoms with Gasteiger partial charge in [0, 0.05) is 24.9 Å². The number of ether oxygens (including phenoxy) is 1. The standard InChI is InChI=1S/C16H14ClN3O5S/c1-26(23,24)12-4-6-16(13(17)10-12)25-11-3-5-15(20(21)22)14(9-11)19-8-2-7-18/h3-6,9-10,19H,2,8H2,1H3. The zero-order valence-corrected chi connectivity index (χ0v) is 15.2. The predicted molar refractivity (Wildman–Crippen MR) is 96.5 cm³/mol. The SMILES string of the molecule is CS(=O)(=O)c1ccc(Oc2ccc([N+](=O)[O-])c(NCCC#N)c2)c(Cl)c1. The monoisotopic (exact) mass is 395 g/mol. The van der Waals surface area contributed by atoms with Gasteiger partial charge in [0.05, 0.1) is 27.3 Å². The molecule has 10 heteroatoms. The molecule has 2 rings (SSSR count). The molecule has 0 radical (unpaired) electrons. The average Bonchev–Trinajstić information content (AvgIpc) is 2.56. The summed E-state index contributed by atoms with van der Waals surface area (Å²) in [5.41, 5.74) is 0.0421. The Morgan fingerprint density at radius 1 is 1.31 bits per heavy atom. The van der Waals surface area contributed by atoms with Gasteiger partial charge in [-0.1, -0.05) is 11.6 Å². The van der Waals surface area contributed by atoms with E-state index in [0.717, 1.165) is 6.26 Å². The Bertz CT molecular complexity index is 986. The van der Waals surface area contributed by atoms with Gasteiger partial charge in [-0.15, -0.1) is 0 Å². The van der Waals surface area contributed by atoms with Crippen molar-refractivity contribution >= 4 is 32.8 Å². The van der Waals surface area contributed by atoms with E-state index in [1.807, 2.05) is 6.07 Å². The molecule has 0 amide bonds. The molecule has 0 atom stereocenters. The molecule has 8 nitrogen and oxygen atoms in total. The summed E-state index contributed by atoms with van der Waals surface area (Å²) in [5, 5.41) is 22.6. The number of hydrogen-bond acceptors (Lipinski definition) is 7. The van der Waals surface area contributed by atoms with Crippen molar-refractivity contribution < 1.29 is 18.1 Å². The molecular weight excluding hydrogens is 382 g/mol. The van der Waals surface area contributed by atoms with E-state index in [0.29, 0.717) is 0 Å². The van der Waals surface area contributed by atoms with Crippen LogP contribution in [0.25, 0.3) is 0 Å². The van der Waals surface area contributed by atoms with Crippen molar-refractivity contribution in [1.29, 1.82) is 5.26 Å². The van der Waals surface area contributed by atoms with Gasteiger partial charge in [0.1, 0.15) is 17.2 Å². The number of nitrogens with zero attached hydrogens (tertiary/aromatic N) is 2. The first kappa shape index (κ1) is 19.5. The van der Waals surface area contributed by atoms with Gasteiger partial charge < -0.3 is 10.1 Å². The Hall–Kier alpha value is -2.83. The molecule has 0 saturated carbocycles. The van der Waals surface area contributed by atoms with Crippen LogP contribution in [-0.4, -0.2) is 26.1 Å². The number of nitriles is 1. The molecule has 0 aromatic heterocycles. The number of benzene rings is 2. The first-order valence-electron chi connectivity index (χ1n) is 7.29. The first-order valence-corrected chi connectivity index (χ1v) is 9.56. The molecule has 0 saturated heterocycles. The lowest BCUT2D eigenvalue weighted by atomic mass is 10.2. The lowest BCUT2D eigenvalue weighted by Crippen LogP contribution is -2.04. The van der Waals surface area contributed by atoms with Crippen LogP contribution >= 0.6 is 11.6 Å². The normalized spacial score (nSPS) is 10.8. The van der Waals surface area contributed by atoms with Crippen LogP contribution in [0.3, 0.4) is 0 Å². The summed E-state index contributed by atoms with van der Waals surface area (Å²) in [7, 11) is -3.40. The zero-order chi connectivity index (χ0) is 19.3. The van der Waals surface area contributed by atoms with E-state index in [9.17, 15) is 18.5 Å². The maximum atomic E-state index is 11.5. The van der Waals surface area contributed by atoms with E-state index >= 15 is 0 Å². The molecule has 0 aliphatic rings. The fourth-order valence-corrected chi connectivity index (χ4v) is 2.99. The molecule has 2 aromatic rings. The summed E-state index contributed by atoms with van der Waals surface area (Å²) in [6.45, 7) is 0.241. The van der Waals surface area contributed by atoms with Gasteiger partial charge >= 0.3 is 0 Å². The molecule has 0 aliphatic heterocycles. The van der Waals surface area contributed by atoms with E-state index in [4.69, 9.17) is 21.6 Å². The number of anilines is 1. The molecule has 0 spiro atoms. The second-order valence-electron chi connectivity index (χ2n) is 5.24. The highest BCUT2D eigenvalue weighted by atomic mass is 35.5. The molecule has 26 heavy (non-hydrogen) atoms. The van der Waals surface area contributed by atoms with Crippen LogP contribution in [0.2, 0.25) is 5.02 Å². The summed E-state index contributed by atoms with van der Waals surface area (Å²) in [5.74, 6) is 0.472. The lowest BCUT2D eigenvalue weighted by Gasteiger charge is -2.11. The minimum atomic E-state index is -3.40. The van der Waals surface area contributed by atoms with Gasteiger partial charge in [-0.25, -0.2) is 8.42 Å². The summed E-state index contributed by atoms with van der Waals surface area (Å²) in [6.07, 6.45) is 1.25. The van der Waals surface area contributed by atoms with Gasteiger partial charge in [0.25, 0.3) is 5.69 Å². The smallest absolute Gasteiger partial charge is 0.292 e. The number of halogens is 1. The summed E-state index contributed by atoms with van der Waals surface area (Å²) in [6, 6.07) is 10.0. The molecular formula is C16H14ClN3O5S. The Morgan fingerprint density at radius 2 is 2.04 bits per heavy atom. The highest BCUT2D eigenvalue weighted by Crippen LogP contribution is 2.35. The van der Waals surface area contributed by atoms with Crippen LogP contribution in [-0.2, 0) is 9.84 Å². The number of hydrogen-bond donors (Lipinski definition) is 1. The highest BCUT2D eigenvalue weighted by Gasteiger charge is 2.16. The topological polar surface area (TPSA) is 122 Å². The van der Waals surface area contributed by atoms with Crippen molar-refractivity contribution in [3.05, 3.63) is 51.5 Å². The predicted octanol–water partition coefficient (Wildman–Crippen LogP) is 3.77. The summed E-state index contributed by atoms with van der Waals surface area (Å²) >= 11 is 6.06. The van der Waals surface area contributed by atoms with E-state index in [1.165, 1.54) is 36.4 Å². The van der Waals surface area contributed by atoms with Crippen molar-refractivity contribution in [2.24, 2.45) is 0 Å². The minimum Gasteiger partial charge on any atom is -0.456 e. The van der Waals surface area contributed by atoms with Gasteiger partial charge in [-0.3, -0.25) is 10.1 Å². The van der Waals surface area contributed by atoms with Crippen LogP contribution in [0.1, 0.15) is 6.42 Å². The van der Waals surface area contributed by atoms with Gasteiger partial charge in [-0.2, -0.15) is 5.26 Å². The van der Waals surface area contributed by atoms with Crippen LogP contribution in [0.15, 0.2) is 41.3 Å². The van der Waals surface area contributed by atoms with Crippen LogP contribution in [0, 0.1) is 21.4 Å². The summed E-state index contributed by atoms with van der Waals surface area (Å²) in [4.78, 5) is 10.6. The van der Waals surface area contributed by atoms with Crippen molar-refractivity contribution in [3.8, 4) is 17.6 Å². The fraction of sp³-hybridized carbons (Fsp3) is 0.188. The van der Waals surface area contributed by atoms with Crippen molar-refractivity contribution in [3.63, 3.8) is 0 Å². The molecule has 0 bridgehead atoms. The summed E-state index contributed by atoms with van der Waals surface area (Å²) < 4.78 is 28.7. The first-order chi connectivity index (χ1) is 12.2. The van der Waals surface area contributed by atoms with Gasteiger partial charge in [0.15, 0.2) is 9.84 Å². The molecule has 2 aromatic carbocycles. The Balaban J connectivity index is 2.31. The van der Waals surface area contributed by atoms with Crippen LogP contribution < -0.4 is 10.1 Å². The molecule has 1 N–H and O–H groups in total. The quantitative estimate of drug-likeness (QED) is 0.430. The van der Waals surface area contributed by atoms with E-state index < -0.39 is 14.8 Å². The zero-order valence-electron chi connectivity index (χ0n) is 13.6. The Morgan fingerprint density at radius 3 is 2.62 bits per heavy atom. The maximum absolute atomic E-state index is 11.5. The number of nitro groups is 1. The van der Waals surface area contributed by atoms with E-state index in [-0.39, 0.29) is 45.8 Å². The molecule has 0 fully saturated rings. The number of sulfone groups is 1. The second-order valence-corrected chi connectivity index (χ2v) is 7.66. The maximum Gasteiger partial charge on any atom is 0.292 e. The van der Waals surface area contributed by atoms with Crippen molar-refractivity contribution in [2.45, 2.75) is 11.3 Å². The minimum absolute atomic E-state index is 0.0532. The van der Waals surface area contributed by atoms with Gasteiger partial charge in [-0.05, 0) is 24.3 Å². The number of nitro benzene ring substituents is 1. The van der Waals surface area contributed by atoms with E-state index in [1.54, 1.807) is 0 Å². The second kappa shape index (κ2) is 8.03. The Kier molecular flexibility index (Phi) is 6.02. The lowest BCUT2D eigenvalue weighted by molar-refractivity contribution is -0.384. The molecule has 0 heterocycles. The van der Waals surface area contributed by atoms with Crippen LogP contribution in [0.4, 0.5) is 11.4 Å². The van der Waals surface area contributed by atoms with E-state index in [2.05, 4.69) is 5.32 Å². The van der Waals surface area contributed by atoms with Crippen molar-refractivity contribution in [2.75, 3.05) is 18.1 Å². The third kappa shape index (κ3) is 4.84. The third-order valence-corrected chi connectivity index (χ3v) is 4.68. The fourth-order valence-electron chi connectivity index (χ4n) is 2.05. The Labute approximate surface area is 155 Å². The molecule has 0 unspecified atom stereocenters. The number of nitrogens with one attached hydrogen (secondary N) is 1. The molecule has 0 aliphatic carbocycles. The van der Waals surface area contributed by atoms with Crippen LogP contribution in [0.5, 0.6) is 11.5 Å². The number of rotatable bonds is 7. The van der Waals surface area contributed by atoms with Crippen molar-refractivity contribution in [1.82, 2.24) is 0 Å². The highest BCUT2D eigenvalue weighted by molar-refractivity contribution is 7.90.